The van der Waals surface area contributed by atoms with Gasteiger partial charge in [-0.2, -0.15) is 0 Å². The molecule has 0 aliphatic carbocycles. The van der Waals surface area contributed by atoms with Crippen molar-refractivity contribution in [2.75, 3.05) is 16.8 Å². The van der Waals surface area contributed by atoms with Gasteiger partial charge in [-0.1, -0.05) is 12.1 Å². The van der Waals surface area contributed by atoms with Crippen molar-refractivity contribution in [1.29, 1.82) is 0 Å². The van der Waals surface area contributed by atoms with Gasteiger partial charge >= 0.3 is 0 Å². The molecular formula is C13H16N2O. The van der Waals surface area contributed by atoms with Crippen LogP contribution in [0.25, 0.3) is 0 Å². The topological polar surface area (TPSA) is 32.3 Å². The predicted molar refractivity (Wildman–Crippen MR) is 64.8 cm³/mol. The van der Waals surface area contributed by atoms with Crippen molar-refractivity contribution >= 4 is 17.3 Å². The third-order valence-corrected chi connectivity index (χ3v) is 3.61. The summed E-state index contributed by atoms with van der Waals surface area (Å²) in [7, 11) is 0. The zero-order valence-corrected chi connectivity index (χ0v) is 9.49. The first-order valence-electron chi connectivity index (χ1n) is 5.94. The summed E-state index contributed by atoms with van der Waals surface area (Å²) < 4.78 is 0. The number of carbonyl (C=O) groups excluding carboxylic acids is 1. The van der Waals surface area contributed by atoms with E-state index in [1.807, 2.05) is 13.0 Å². The first-order valence-corrected chi connectivity index (χ1v) is 5.94. The van der Waals surface area contributed by atoms with Crippen LogP contribution in [0.1, 0.15) is 24.8 Å². The molecule has 1 amide bonds. The molecular weight excluding hydrogens is 200 g/mol. The molecule has 1 aromatic carbocycles. The minimum atomic E-state index is 0.0584. The lowest BCUT2D eigenvalue weighted by Gasteiger charge is -2.41. The van der Waals surface area contributed by atoms with Crippen molar-refractivity contribution in [3.8, 4) is 0 Å². The molecule has 2 aliphatic heterocycles. The maximum Gasteiger partial charge on any atom is 0.247 e. The number of aryl methyl sites for hydroxylation is 1. The summed E-state index contributed by atoms with van der Waals surface area (Å²) in [5.41, 5.74) is 3.35. The summed E-state index contributed by atoms with van der Waals surface area (Å²) in [6, 6.07) is 6.28. The van der Waals surface area contributed by atoms with Gasteiger partial charge in [0, 0.05) is 6.54 Å². The molecule has 3 nitrogen and oxygen atoms in total. The molecule has 2 aliphatic rings. The van der Waals surface area contributed by atoms with E-state index in [0.717, 1.165) is 30.6 Å². The summed E-state index contributed by atoms with van der Waals surface area (Å²) >= 11 is 0. The summed E-state index contributed by atoms with van der Waals surface area (Å²) in [6.07, 6.45) is 3.34. The normalized spacial score (nSPS) is 23.4. The number of carbonyl (C=O) groups is 1. The van der Waals surface area contributed by atoms with Crippen LogP contribution in [0, 0.1) is 6.92 Å². The van der Waals surface area contributed by atoms with Gasteiger partial charge in [-0.25, -0.2) is 0 Å². The van der Waals surface area contributed by atoms with Gasteiger partial charge in [0.1, 0.15) is 6.04 Å². The SMILES string of the molecule is Cc1cccc2c1NC(=O)C1CCCCN21. The first kappa shape index (κ1) is 9.70. The fourth-order valence-electron chi connectivity index (χ4n) is 2.75. The van der Waals surface area contributed by atoms with Gasteiger partial charge in [0.05, 0.1) is 11.4 Å². The summed E-state index contributed by atoms with van der Waals surface area (Å²) in [4.78, 5) is 14.3. The van der Waals surface area contributed by atoms with E-state index in [4.69, 9.17) is 0 Å². The Morgan fingerprint density at radius 1 is 1.38 bits per heavy atom. The van der Waals surface area contributed by atoms with Crippen LogP contribution in [0.15, 0.2) is 18.2 Å². The van der Waals surface area contributed by atoms with Crippen LogP contribution < -0.4 is 10.2 Å². The summed E-state index contributed by atoms with van der Waals surface area (Å²) in [6.45, 7) is 3.05. The Morgan fingerprint density at radius 3 is 3.12 bits per heavy atom. The van der Waals surface area contributed by atoms with Crippen LogP contribution in [0.5, 0.6) is 0 Å². The second-order valence-electron chi connectivity index (χ2n) is 4.66. The first-order chi connectivity index (χ1) is 7.77. The van der Waals surface area contributed by atoms with E-state index < -0.39 is 0 Å². The minimum Gasteiger partial charge on any atom is -0.358 e. The van der Waals surface area contributed by atoms with Gasteiger partial charge in [0.2, 0.25) is 5.91 Å². The van der Waals surface area contributed by atoms with E-state index >= 15 is 0 Å². The van der Waals surface area contributed by atoms with Gasteiger partial charge in [-0.3, -0.25) is 4.79 Å². The predicted octanol–water partition coefficient (Wildman–Crippen LogP) is 2.31. The number of amides is 1. The van der Waals surface area contributed by atoms with Gasteiger partial charge < -0.3 is 10.2 Å². The summed E-state index contributed by atoms with van der Waals surface area (Å²) in [5, 5.41) is 3.05. The molecule has 1 fully saturated rings. The maximum absolute atomic E-state index is 12.0. The quantitative estimate of drug-likeness (QED) is 0.721. The van der Waals surface area contributed by atoms with E-state index in [1.54, 1.807) is 0 Å². The molecule has 1 N–H and O–H groups in total. The third kappa shape index (κ3) is 1.31. The molecule has 1 saturated heterocycles. The third-order valence-electron chi connectivity index (χ3n) is 3.61. The van der Waals surface area contributed by atoms with Crippen LogP contribution in [-0.4, -0.2) is 18.5 Å². The number of nitrogens with zero attached hydrogens (tertiary/aromatic N) is 1. The highest BCUT2D eigenvalue weighted by atomic mass is 16.2. The monoisotopic (exact) mass is 216 g/mol. The zero-order valence-electron chi connectivity index (χ0n) is 9.49. The average molecular weight is 216 g/mol. The van der Waals surface area contributed by atoms with Crippen LogP contribution in [0.3, 0.4) is 0 Å². The van der Waals surface area contributed by atoms with E-state index in [1.165, 1.54) is 12.1 Å². The molecule has 2 heterocycles. The van der Waals surface area contributed by atoms with E-state index in [-0.39, 0.29) is 11.9 Å². The van der Waals surface area contributed by atoms with Crippen LogP contribution in [0.4, 0.5) is 11.4 Å². The second kappa shape index (κ2) is 3.51. The maximum atomic E-state index is 12.0. The molecule has 0 saturated carbocycles. The van der Waals surface area contributed by atoms with Crippen molar-refractivity contribution in [2.24, 2.45) is 0 Å². The largest absolute Gasteiger partial charge is 0.358 e. The number of rotatable bonds is 0. The molecule has 3 heteroatoms. The number of anilines is 2. The van der Waals surface area contributed by atoms with Crippen molar-refractivity contribution in [3.05, 3.63) is 23.8 Å². The molecule has 84 valence electrons. The molecule has 3 rings (SSSR count). The Hall–Kier alpha value is -1.51. The van der Waals surface area contributed by atoms with E-state index in [0.29, 0.717) is 0 Å². The van der Waals surface area contributed by atoms with Crippen molar-refractivity contribution in [2.45, 2.75) is 32.2 Å². The number of piperidine rings is 1. The molecule has 16 heavy (non-hydrogen) atoms. The molecule has 0 bridgehead atoms. The van der Waals surface area contributed by atoms with Crippen molar-refractivity contribution < 1.29 is 4.79 Å². The van der Waals surface area contributed by atoms with Crippen LogP contribution in [0.2, 0.25) is 0 Å². The molecule has 1 unspecified atom stereocenters. The smallest absolute Gasteiger partial charge is 0.247 e. The number of nitrogens with one attached hydrogen (secondary N) is 1. The summed E-state index contributed by atoms with van der Waals surface area (Å²) in [5.74, 6) is 0.168. The average Bonchev–Trinajstić information content (AvgIpc) is 2.31. The van der Waals surface area contributed by atoms with Crippen LogP contribution >= 0.6 is 0 Å². The van der Waals surface area contributed by atoms with E-state index in [2.05, 4.69) is 22.3 Å². The Kier molecular flexibility index (Phi) is 2.13. The Bertz CT molecular complexity index is 442. The molecule has 0 spiro atoms. The highest BCUT2D eigenvalue weighted by Crippen LogP contribution is 2.37. The van der Waals surface area contributed by atoms with Crippen molar-refractivity contribution in [3.63, 3.8) is 0 Å². The molecule has 1 atom stereocenters. The fourth-order valence-corrected chi connectivity index (χ4v) is 2.75. The van der Waals surface area contributed by atoms with Gasteiger partial charge in [-0.05, 0) is 37.8 Å². The van der Waals surface area contributed by atoms with E-state index in [9.17, 15) is 4.79 Å². The zero-order chi connectivity index (χ0) is 11.1. The number of hydrogen-bond acceptors (Lipinski definition) is 2. The van der Waals surface area contributed by atoms with Gasteiger partial charge in [0.25, 0.3) is 0 Å². The van der Waals surface area contributed by atoms with Crippen molar-refractivity contribution in [1.82, 2.24) is 0 Å². The highest BCUT2D eigenvalue weighted by molar-refractivity contribution is 6.04. The lowest BCUT2D eigenvalue weighted by molar-refractivity contribution is -0.118. The fraction of sp³-hybridized carbons (Fsp3) is 0.462. The number of benzene rings is 1. The number of para-hydroxylation sites is 1. The molecule has 1 aromatic rings. The Morgan fingerprint density at radius 2 is 2.25 bits per heavy atom. The Balaban J connectivity index is 2.10. The Labute approximate surface area is 95.4 Å². The van der Waals surface area contributed by atoms with Gasteiger partial charge in [0.15, 0.2) is 0 Å². The molecule has 0 aromatic heterocycles. The second-order valence-corrected chi connectivity index (χ2v) is 4.66. The minimum absolute atomic E-state index is 0.0584. The van der Waals surface area contributed by atoms with Crippen LogP contribution in [-0.2, 0) is 4.79 Å². The highest BCUT2D eigenvalue weighted by Gasteiger charge is 2.34. The lowest BCUT2D eigenvalue weighted by Crippen LogP contribution is -2.50. The van der Waals surface area contributed by atoms with Gasteiger partial charge in [-0.15, -0.1) is 0 Å². The molecule has 0 radical (unpaired) electrons. The lowest BCUT2D eigenvalue weighted by atomic mass is 9.96. The number of hydrogen-bond donors (Lipinski definition) is 1. The number of fused-ring (bicyclic) bond motifs is 3. The standard InChI is InChI=1S/C13H16N2O/c1-9-5-4-7-10-12(9)14-13(16)11-6-2-3-8-15(10)11/h4-5,7,11H,2-3,6,8H2,1H3,(H,14,16).